The average molecular weight is 263 g/mol. The quantitative estimate of drug-likeness (QED) is 0.391. The molecule has 1 amide bonds. The summed E-state index contributed by atoms with van der Waals surface area (Å²) < 4.78 is 4.93. The summed E-state index contributed by atoms with van der Waals surface area (Å²) in [6.45, 7) is 5.13. The standard InChI is InChI=1S/C11H21NO6/c1-11(2,3)10(17)12-4-5-6(13)7(14)8(15)9(16)18-5/h5-9,13-16H,4H2,1-3H3,(H,12,17)/t5?,6-,7?,8+,9-/m1/s1. The first-order chi connectivity index (χ1) is 8.14. The maximum Gasteiger partial charge on any atom is 0.225 e. The molecule has 0 aromatic heterocycles. The van der Waals surface area contributed by atoms with Gasteiger partial charge in [-0.2, -0.15) is 0 Å². The monoisotopic (exact) mass is 263 g/mol. The number of aliphatic hydroxyl groups excluding tert-OH is 4. The fourth-order valence-corrected chi connectivity index (χ4v) is 1.56. The molecule has 5 atom stereocenters. The Labute approximate surface area is 105 Å². The van der Waals surface area contributed by atoms with E-state index < -0.39 is 36.1 Å². The SMILES string of the molecule is CC(C)(C)C(=O)NCC1O[C@@H](O)[C@@H](O)C(O)[C@@H]1O. The molecule has 106 valence electrons. The van der Waals surface area contributed by atoms with Gasteiger partial charge in [0.15, 0.2) is 6.29 Å². The zero-order valence-corrected chi connectivity index (χ0v) is 10.7. The minimum atomic E-state index is -1.58. The molecule has 7 nitrogen and oxygen atoms in total. The highest BCUT2D eigenvalue weighted by molar-refractivity contribution is 5.81. The van der Waals surface area contributed by atoms with E-state index in [1.807, 2.05) is 0 Å². The molecule has 1 aliphatic rings. The van der Waals surface area contributed by atoms with Gasteiger partial charge in [-0.3, -0.25) is 4.79 Å². The second-order valence-electron chi connectivity index (χ2n) is 5.50. The first-order valence-electron chi connectivity index (χ1n) is 5.80. The van der Waals surface area contributed by atoms with E-state index in [0.717, 1.165) is 0 Å². The minimum Gasteiger partial charge on any atom is -0.388 e. The lowest BCUT2D eigenvalue weighted by atomic mass is 9.95. The van der Waals surface area contributed by atoms with E-state index in [1.54, 1.807) is 20.8 Å². The molecule has 0 aliphatic carbocycles. The van der Waals surface area contributed by atoms with Gasteiger partial charge in [0.1, 0.15) is 24.4 Å². The smallest absolute Gasteiger partial charge is 0.225 e. The van der Waals surface area contributed by atoms with Gasteiger partial charge in [-0.05, 0) is 0 Å². The van der Waals surface area contributed by atoms with Crippen molar-refractivity contribution in [1.82, 2.24) is 5.32 Å². The molecule has 2 unspecified atom stereocenters. The van der Waals surface area contributed by atoms with Gasteiger partial charge in [-0.25, -0.2) is 0 Å². The maximum absolute atomic E-state index is 11.6. The summed E-state index contributed by atoms with van der Waals surface area (Å²) in [6.07, 6.45) is -6.99. The summed E-state index contributed by atoms with van der Waals surface area (Å²) in [5.74, 6) is -0.242. The van der Waals surface area contributed by atoms with Crippen molar-refractivity contribution in [2.24, 2.45) is 5.41 Å². The van der Waals surface area contributed by atoms with Crippen molar-refractivity contribution in [3.63, 3.8) is 0 Å². The van der Waals surface area contributed by atoms with Crippen LogP contribution in [0.5, 0.6) is 0 Å². The Kier molecular flexibility index (Phi) is 4.68. The van der Waals surface area contributed by atoms with Gasteiger partial charge >= 0.3 is 0 Å². The van der Waals surface area contributed by atoms with E-state index in [2.05, 4.69) is 5.32 Å². The van der Waals surface area contributed by atoms with E-state index in [-0.39, 0.29) is 12.5 Å². The summed E-state index contributed by atoms with van der Waals surface area (Å²) in [4.78, 5) is 11.6. The maximum atomic E-state index is 11.6. The molecule has 0 saturated carbocycles. The Morgan fingerprint density at radius 3 is 2.17 bits per heavy atom. The number of carbonyl (C=O) groups excluding carboxylic acids is 1. The van der Waals surface area contributed by atoms with Crippen molar-refractivity contribution < 1.29 is 30.0 Å². The number of nitrogens with one attached hydrogen (secondary N) is 1. The van der Waals surface area contributed by atoms with Crippen LogP contribution in [0, 0.1) is 5.41 Å². The Hall–Kier alpha value is -0.730. The van der Waals surface area contributed by atoms with Gasteiger partial charge in [0.25, 0.3) is 0 Å². The summed E-state index contributed by atoms with van der Waals surface area (Å²) in [7, 11) is 0. The van der Waals surface area contributed by atoms with E-state index >= 15 is 0 Å². The summed E-state index contributed by atoms with van der Waals surface area (Å²) in [6, 6.07) is 0. The van der Waals surface area contributed by atoms with Crippen LogP contribution in [-0.2, 0) is 9.53 Å². The van der Waals surface area contributed by atoms with Gasteiger partial charge in [-0.1, -0.05) is 20.8 Å². The van der Waals surface area contributed by atoms with Crippen LogP contribution < -0.4 is 5.32 Å². The summed E-state index contributed by atoms with van der Waals surface area (Å²) in [5.41, 5.74) is -0.587. The average Bonchev–Trinajstić information content (AvgIpc) is 2.27. The molecule has 1 fully saturated rings. The molecular formula is C11H21NO6. The predicted molar refractivity (Wildman–Crippen MR) is 61.4 cm³/mol. The lowest BCUT2D eigenvalue weighted by Crippen LogP contribution is -2.60. The van der Waals surface area contributed by atoms with Gasteiger partial charge in [0.05, 0.1) is 0 Å². The molecule has 1 rings (SSSR count). The zero-order chi connectivity index (χ0) is 14.1. The molecule has 18 heavy (non-hydrogen) atoms. The number of ether oxygens (including phenoxy) is 1. The topological polar surface area (TPSA) is 119 Å². The molecular weight excluding hydrogens is 242 g/mol. The Bertz CT molecular complexity index is 302. The summed E-state index contributed by atoms with van der Waals surface area (Å²) in [5, 5.41) is 40.2. The first kappa shape index (κ1) is 15.3. The van der Waals surface area contributed by atoms with Crippen molar-refractivity contribution in [1.29, 1.82) is 0 Å². The highest BCUT2D eigenvalue weighted by Gasteiger charge is 2.43. The highest BCUT2D eigenvalue weighted by Crippen LogP contribution is 2.20. The number of amides is 1. The number of carbonyl (C=O) groups is 1. The van der Waals surface area contributed by atoms with Crippen LogP contribution in [0.25, 0.3) is 0 Å². The molecule has 1 aliphatic heterocycles. The van der Waals surface area contributed by atoms with Crippen molar-refractivity contribution in [2.75, 3.05) is 6.54 Å². The van der Waals surface area contributed by atoms with Crippen LogP contribution in [0.2, 0.25) is 0 Å². The fraction of sp³-hybridized carbons (Fsp3) is 0.909. The third kappa shape index (κ3) is 3.39. The zero-order valence-electron chi connectivity index (χ0n) is 10.7. The summed E-state index contributed by atoms with van der Waals surface area (Å²) >= 11 is 0. The molecule has 0 bridgehead atoms. The van der Waals surface area contributed by atoms with Crippen LogP contribution in [0.3, 0.4) is 0 Å². The largest absolute Gasteiger partial charge is 0.388 e. The van der Waals surface area contributed by atoms with Crippen molar-refractivity contribution >= 4 is 5.91 Å². The van der Waals surface area contributed by atoms with Crippen molar-refractivity contribution in [3.05, 3.63) is 0 Å². The molecule has 0 aromatic carbocycles. The van der Waals surface area contributed by atoms with Gasteiger partial charge in [-0.15, -0.1) is 0 Å². The lowest BCUT2D eigenvalue weighted by molar-refractivity contribution is -0.280. The molecule has 0 radical (unpaired) electrons. The second kappa shape index (κ2) is 5.50. The Balaban J connectivity index is 2.55. The van der Waals surface area contributed by atoms with E-state index in [9.17, 15) is 25.2 Å². The van der Waals surface area contributed by atoms with Gasteiger partial charge in [0, 0.05) is 12.0 Å². The van der Waals surface area contributed by atoms with Crippen molar-refractivity contribution in [3.8, 4) is 0 Å². The van der Waals surface area contributed by atoms with Crippen molar-refractivity contribution in [2.45, 2.75) is 51.5 Å². The van der Waals surface area contributed by atoms with Crippen LogP contribution >= 0.6 is 0 Å². The van der Waals surface area contributed by atoms with E-state index in [4.69, 9.17) is 4.74 Å². The fourth-order valence-electron chi connectivity index (χ4n) is 1.56. The van der Waals surface area contributed by atoms with E-state index in [0.29, 0.717) is 0 Å². The molecule has 0 spiro atoms. The Morgan fingerprint density at radius 1 is 1.11 bits per heavy atom. The second-order valence-corrected chi connectivity index (χ2v) is 5.50. The Morgan fingerprint density at radius 2 is 1.67 bits per heavy atom. The molecule has 5 N–H and O–H groups in total. The molecule has 7 heteroatoms. The predicted octanol–water partition coefficient (Wildman–Crippen LogP) is -2.05. The van der Waals surface area contributed by atoms with Gasteiger partial charge in [0.2, 0.25) is 5.91 Å². The van der Waals surface area contributed by atoms with E-state index in [1.165, 1.54) is 0 Å². The number of hydrogen-bond donors (Lipinski definition) is 5. The molecule has 1 heterocycles. The first-order valence-corrected chi connectivity index (χ1v) is 5.80. The molecule has 1 saturated heterocycles. The molecule has 0 aromatic rings. The third-order valence-electron chi connectivity index (χ3n) is 2.83. The van der Waals surface area contributed by atoms with Crippen LogP contribution in [0.1, 0.15) is 20.8 Å². The van der Waals surface area contributed by atoms with Gasteiger partial charge < -0.3 is 30.5 Å². The third-order valence-corrected chi connectivity index (χ3v) is 2.83. The van der Waals surface area contributed by atoms with Crippen LogP contribution in [0.15, 0.2) is 0 Å². The van der Waals surface area contributed by atoms with Crippen LogP contribution in [0.4, 0.5) is 0 Å². The minimum absolute atomic E-state index is 0.0574. The number of aliphatic hydroxyl groups is 4. The normalized spacial score (nSPS) is 37.4. The van der Waals surface area contributed by atoms with Crippen LogP contribution in [-0.4, -0.2) is 63.6 Å². The lowest BCUT2D eigenvalue weighted by Gasteiger charge is -2.38. The number of rotatable bonds is 2. The highest BCUT2D eigenvalue weighted by atomic mass is 16.6. The number of hydrogen-bond acceptors (Lipinski definition) is 6.